The largest absolute Gasteiger partial charge is 0.497 e. The molecule has 2 atom stereocenters. The molecule has 0 bridgehead atoms. The molecule has 6 heteroatoms. The average molecular weight is 521 g/mol. The Balaban J connectivity index is 1.28. The minimum atomic E-state index is -0.678. The summed E-state index contributed by atoms with van der Waals surface area (Å²) in [4.78, 5) is 19.8. The van der Waals surface area contributed by atoms with E-state index in [1.165, 1.54) is 27.8 Å². The smallest absolute Gasteiger partial charge is 0.303 e. The highest BCUT2D eigenvalue weighted by atomic mass is 32.2. The Morgan fingerprint density at radius 2 is 1.95 bits per heavy atom. The summed E-state index contributed by atoms with van der Waals surface area (Å²) >= 11 is 1.93. The average Bonchev–Trinajstić information content (AvgIpc) is 2.91. The van der Waals surface area contributed by atoms with Crippen molar-refractivity contribution in [2.24, 2.45) is 11.8 Å². The van der Waals surface area contributed by atoms with E-state index in [1.807, 2.05) is 30.1 Å². The number of carboxylic acid groups (broad SMARTS) is 1. The molecule has 4 rings (SSSR count). The van der Waals surface area contributed by atoms with E-state index in [0.717, 1.165) is 68.8 Å². The van der Waals surface area contributed by atoms with Crippen LogP contribution in [-0.2, 0) is 11.2 Å². The third-order valence-electron chi connectivity index (χ3n) is 7.67. The van der Waals surface area contributed by atoms with Crippen LogP contribution in [0.1, 0.15) is 49.7 Å². The van der Waals surface area contributed by atoms with Crippen LogP contribution in [0.4, 0.5) is 0 Å². The van der Waals surface area contributed by atoms with Gasteiger partial charge in [-0.2, -0.15) is 0 Å². The molecule has 0 amide bonds. The lowest BCUT2D eigenvalue weighted by Gasteiger charge is -2.39. The lowest BCUT2D eigenvalue weighted by Crippen LogP contribution is -2.41. The number of aryl methyl sites for hydroxylation is 2. The number of rotatable bonds is 13. The summed E-state index contributed by atoms with van der Waals surface area (Å²) in [6, 6.07) is 17.0. The van der Waals surface area contributed by atoms with Gasteiger partial charge < -0.3 is 14.7 Å². The molecular formula is C31H40N2O3S. The molecule has 37 heavy (non-hydrogen) atoms. The normalized spacial score (nSPS) is 18.2. The van der Waals surface area contributed by atoms with Gasteiger partial charge in [0, 0.05) is 29.4 Å². The number of methoxy groups -OCH3 is 1. The monoisotopic (exact) mass is 520 g/mol. The number of ether oxygens (including phenoxy) is 1. The van der Waals surface area contributed by atoms with Crippen molar-refractivity contribution in [3.8, 4) is 5.75 Å². The van der Waals surface area contributed by atoms with Crippen LogP contribution in [0.5, 0.6) is 5.75 Å². The van der Waals surface area contributed by atoms with Crippen LogP contribution in [0.25, 0.3) is 10.9 Å². The number of thioether (sulfide) groups is 1. The molecule has 5 nitrogen and oxygen atoms in total. The SMILES string of the molecule is COc1ccc2nccc(CCC[C@@H]3CCN(CCCSc4ccc(C)cc4)C[C@@H]3CCC(=O)O)c2c1. The van der Waals surface area contributed by atoms with E-state index >= 15 is 0 Å². The van der Waals surface area contributed by atoms with Crippen molar-refractivity contribution in [2.75, 3.05) is 32.5 Å². The number of carbonyl (C=O) groups is 1. The maximum absolute atomic E-state index is 11.3. The fourth-order valence-electron chi connectivity index (χ4n) is 5.57. The van der Waals surface area contributed by atoms with Gasteiger partial charge in [-0.05, 0) is 118 Å². The number of piperidine rings is 1. The summed E-state index contributed by atoms with van der Waals surface area (Å²) in [6.45, 7) is 5.37. The quantitative estimate of drug-likeness (QED) is 0.196. The van der Waals surface area contributed by atoms with Crippen molar-refractivity contribution < 1.29 is 14.6 Å². The summed E-state index contributed by atoms with van der Waals surface area (Å²) in [7, 11) is 1.70. The Kier molecular flexibility index (Phi) is 10.3. The summed E-state index contributed by atoms with van der Waals surface area (Å²) in [5.41, 5.74) is 3.62. The number of pyridine rings is 1. The topological polar surface area (TPSA) is 62.7 Å². The second-order valence-corrected chi connectivity index (χ2v) is 11.5. The molecule has 1 N–H and O–H groups in total. The van der Waals surface area contributed by atoms with Crippen molar-refractivity contribution in [2.45, 2.75) is 56.8 Å². The Labute approximate surface area is 225 Å². The highest BCUT2D eigenvalue weighted by molar-refractivity contribution is 7.99. The van der Waals surface area contributed by atoms with Crippen molar-refractivity contribution in [3.63, 3.8) is 0 Å². The second-order valence-electron chi connectivity index (χ2n) is 10.3. The van der Waals surface area contributed by atoms with Crippen molar-refractivity contribution in [1.29, 1.82) is 0 Å². The lowest BCUT2D eigenvalue weighted by molar-refractivity contribution is -0.137. The molecule has 198 valence electrons. The molecule has 3 aromatic rings. The molecule has 1 saturated heterocycles. The minimum absolute atomic E-state index is 0.271. The van der Waals surface area contributed by atoms with Crippen molar-refractivity contribution >= 4 is 28.6 Å². The zero-order chi connectivity index (χ0) is 26.0. The summed E-state index contributed by atoms with van der Waals surface area (Å²) in [5.74, 6) is 2.36. The summed E-state index contributed by atoms with van der Waals surface area (Å²) < 4.78 is 5.43. The number of benzene rings is 2. The van der Waals surface area contributed by atoms with Gasteiger partial charge in [0.1, 0.15) is 5.75 Å². The first-order valence-corrected chi connectivity index (χ1v) is 14.6. The molecule has 0 spiro atoms. The number of carboxylic acids is 1. The molecule has 0 aliphatic carbocycles. The van der Waals surface area contributed by atoms with Crippen LogP contribution in [0.15, 0.2) is 59.6 Å². The molecule has 1 aliphatic heterocycles. The van der Waals surface area contributed by atoms with Gasteiger partial charge in [0.15, 0.2) is 0 Å². The van der Waals surface area contributed by atoms with E-state index in [1.54, 1.807) is 7.11 Å². The minimum Gasteiger partial charge on any atom is -0.497 e. The molecule has 1 aromatic heterocycles. The zero-order valence-corrected chi connectivity index (χ0v) is 23.0. The van der Waals surface area contributed by atoms with Crippen LogP contribution < -0.4 is 4.74 Å². The van der Waals surface area contributed by atoms with Gasteiger partial charge in [0.25, 0.3) is 0 Å². The maximum atomic E-state index is 11.3. The molecule has 2 aromatic carbocycles. The van der Waals surface area contributed by atoms with Crippen LogP contribution in [0.3, 0.4) is 0 Å². The molecule has 1 fully saturated rings. The number of nitrogens with zero attached hydrogens (tertiary/aromatic N) is 2. The fraction of sp³-hybridized carbons (Fsp3) is 0.484. The number of fused-ring (bicyclic) bond motifs is 1. The van der Waals surface area contributed by atoms with E-state index in [0.29, 0.717) is 11.8 Å². The zero-order valence-electron chi connectivity index (χ0n) is 22.2. The van der Waals surface area contributed by atoms with Crippen LogP contribution in [0.2, 0.25) is 0 Å². The molecule has 0 saturated carbocycles. The number of hydrogen-bond donors (Lipinski definition) is 1. The van der Waals surface area contributed by atoms with Gasteiger partial charge in [0.2, 0.25) is 0 Å². The standard InChI is InChI=1S/C31H40N2O3S/c1-23-7-11-28(12-8-23)37-20-4-18-33-19-16-24(26(22-33)9-14-31(34)35)5-3-6-25-15-17-32-30-13-10-27(36-2)21-29(25)30/h7-8,10-13,15,17,21,24,26H,3-6,9,14,16,18-20,22H2,1-2H3,(H,34,35)/t24-,26+/m1/s1. The Morgan fingerprint density at radius 1 is 1.11 bits per heavy atom. The van der Waals surface area contributed by atoms with Crippen molar-refractivity contribution in [3.05, 3.63) is 65.9 Å². The van der Waals surface area contributed by atoms with Crippen LogP contribution >= 0.6 is 11.8 Å². The first kappa shape index (κ1) is 27.5. The van der Waals surface area contributed by atoms with Crippen LogP contribution in [0, 0.1) is 18.8 Å². The van der Waals surface area contributed by atoms with Gasteiger partial charge in [-0.15, -0.1) is 11.8 Å². The number of aliphatic carboxylic acids is 1. The third-order valence-corrected chi connectivity index (χ3v) is 8.77. The number of aromatic nitrogens is 1. The van der Waals surface area contributed by atoms with Gasteiger partial charge in [-0.3, -0.25) is 9.78 Å². The molecule has 0 unspecified atom stereocenters. The maximum Gasteiger partial charge on any atom is 0.303 e. The summed E-state index contributed by atoms with van der Waals surface area (Å²) in [6.07, 6.45) is 8.54. The predicted octanol–water partition coefficient (Wildman–Crippen LogP) is 6.86. The second kappa shape index (κ2) is 13.8. The number of hydrogen-bond acceptors (Lipinski definition) is 5. The highest BCUT2D eigenvalue weighted by Gasteiger charge is 2.29. The Morgan fingerprint density at radius 3 is 2.73 bits per heavy atom. The molecule has 1 aliphatic rings. The third kappa shape index (κ3) is 8.21. The van der Waals surface area contributed by atoms with E-state index < -0.39 is 5.97 Å². The molecule has 0 radical (unpaired) electrons. The number of likely N-dealkylation sites (tertiary alicyclic amines) is 1. The summed E-state index contributed by atoms with van der Waals surface area (Å²) in [5, 5.41) is 10.5. The molecule has 2 heterocycles. The van der Waals surface area contributed by atoms with Gasteiger partial charge >= 0.3 is 5.97 Å². The van der Waals surface area contributed by atoms with E-state index in [4.69, 9.17) is 4.74 Å². The van der Waals surface area contributed by atoms with Crippen LogP contribution in [-0.4, -0.2) is 53.5 Å². The lowest BCUT2D eigenvalue weighted by atomic mass is 9.79. The van der Waals surface area contributed by atoms with E-state index in [-0.39, 0.29) is 6.42 Å². The first-order chi connectivity index (χ1) is 18.0. The van der Waals surface area contributed by atoms with E-state index in [9.17, 15) is 9.90 Å². The Bertz CT molecular complexity index is 1150. The van der Waals surface area contributed by atoms with Gasteiger partial charge in [0.05, 0.1) is 12.6 Å². The first-order valence-electron chi connectivity index (χ1n) is 13.6. The van der Waals surface area contributed by atoms with E-state index in [2.05, 4.69) is 53.2 Å². The molecular weight excluding hydrogens is 480 g/mol. The van der Waals surface area contributed by atoms with Crippen molar-refractivity contribution in [1.82, 2.24) is 9.88 Å². The fourth-order valence-corrected chi connectivity index (χ4v) is 6.41. The Hall–Kier alpha value is -2.57. The highest BCUT2D eigenvalue weighted by Crippen LogP contribution is 2.32. The van der Waals surface area contributed by atoms with Gasteiger partial charge in [-0.25, -0.2) is 0 Å². The van der Waals surface area contributed by atoms with Gasteiger partial charge in [-0.1, -0.05) is 17.7 Å². The predicted molar refractivity (Wildman–Crippen MR) is 153 cm³/mol.